The average molecular weight is 334 g/mol. The molecule has 1 fully saturated rings. The SMILES string of the molecule is O=S(=O)(CC1CCCO1)Nc1ccccc1CBr. The molecule has 2 rings (SSSR count). The van der Waals surface area contributed by atoms with Crippen LogP contribution in [0.2, 0.25) is 0 Å². The van der Waals surface area contributed by atoms with Crippen LogP contribution in [0.3, 0.4) is 0 Å². The number of alkyl halides is 1. The van der Waals surface area contributed by atoms with Crippen LogP contribution in [0.25, 0.3) is 0 Å². The summed E-state index contributed by atoms with van der Waals surface area (Å²) >= 11 is 3.34. The van der Waals surface area contributed by atoms with Gasteiger partial charge in [-0.3, -0.25) is 4.72 Å². The first-order chi connectivity index (χ1) is 8.61. The highest BCUT2D eigenvalue weighted by Gasteiger charge is 2.23. The number of anilines is 1. The van der Waals surface area contributed by atoms with Crippen LogP contribution < -0.4 is 4.72 Å². The molecule has 1 aromatic rings. The second kappa shape index (κ2) is 6.04. The topological polar surface area (TPSA) is 55.4 Å². The first-order valence-electron chi connectivity index (χ1n) is 5.87. The summed E-state index contributed by atoms with van der Waals surface area (Å²) in [5, 5.41) is 0.617. The molecule has 0 bridgehead atoms. The van der Waals surface area contributed by atoms with Crippen LogP contribution in [0.1, 0.15) is 18.4 Å². The summed E-state index contributed by atoms with van der Waals surface area (Å²) in [6, 6.07) is 7.35. The maximum absolute atomic E-state index is 12.0. The third-order valence-electron chi connectivity index (χ3n) is 2.86. The van der Waals surface area contributed by atoms with E-state index in [4.69, 9.17) is 4.74 Å². The van der Waals surface area contributed by atoms with Gasteiger partial charge in [0.2, 0.25) is 10.0 Å². The minimum Gasteiger partial charge on any atom is -0.377 e. The second-order valence-electron chi connectivity index (χ2n) is 4.31. The summed E-state index contributed by atoms with van der Waals surface area (Å²) in [7, 11) is -3.35. The molecule has 0 aromatic heterocycles. The van der Waals surface area contributed by atoms with Gasteiger partial charge in [-0.25, -0.2) is 8.42 Å². The summed E-state index contributed by atoms with van der Waals surface area (Å²) in [4.78, 5) is 0. The molecular formula is C12H16BrNO3S. The van der Waals surface area contributed by atoms with E-state index < -0.39 is 10.0 Å². The Hall–Kier alpha value is -0.590. The van der Waals surface area contributed by atoms with Crippen molar-refractivity contribution in [1.82, 2.24) is 0 Å². The van der Waals surface area contributed by atoms with Gasteiger partial charge in [0.05, 0.1) is 17.5 Å². The third-order valence-corrected chi connectivity index (χ3v) is 4.80. The van der Waals surface area contributed by atoms with Crippen molar-refractivity contribution in [2.45, 2.75) is 24.3 Å². The minimum atomic E-state index is -3.35. The monoisotopic (exact) mass is 333 g/mol. The van der Waals surface area contributed by atoms with Gasteiger partial charge in [-0.05, 0) is 24.5 Å². The summed E-state index contributed by atoms with van der Waals surface area (Å²) in [5.74, 6) is 0.0314. The van der Waals surface area contributed by atoms with E-state index >= 15 is 0 Å². The van der Waals surface area contributed by atoms with Gasteiger partial charge in [-0.2, -0.15) is 0 Å². The van der Waals surface area contributed by atoms with Crippen LogP contribution in [-0.4, -0.2) is 26.9 Å². The molecule has 18 heavy (non-hydrogen) atoms. The highest BCUT2D eigenvalue weighted by atomic mass is 79.9. The number of sulfonamides is 1. The predicted molar refractivity (Wildman–Crippen MR) is 75.5 cm³/mol. The minimum absolute atomic E-state index is 0.0314. The fraction of sp³-hybridized carbons (Fsp3) is 0.500. The first-order valence-corrected chi connectivity index (χ1v) is 8.64. The molecular weight excluding hydrogens is 318 g/mol. The fourth-order valence-corrected chi connectivity index (χ4v) is 3.82. The largest absolute Gasteiger partial charge is 0.377 e. The molecule has 0 radical (unpaired) electrons. The molecule has 1 N–H and O–H groups in total. The van der Waals surface area contributed by atoms with Crippen molar-refractivity contribution in [3.63, 3.8) is 0 Å². The van der Waals surface area contributed by atoms with Gasteiger partial charge in [0.1, 0.15) is 0 Å². The van der Waals surface area contributed by atoms with Crippen LogP contribution in [0, 0.1) is 0 Å². The van der Waals surface area contributed by atoms with Crippen LogP contribution in [0.5, 0.6) is 0 Å². The molecule has 4 nitrogen and oxygen atoms in total. The number of hydrogen-bond acceptors (Lipinski definition) is 3. The van der Waals surface area contributed by atoms with E-state index in [0.29, 0.717) is 17.6 Å². The highest BCUT2D eigenvalue weighted by Crippen LogP contribution is 2.21. The molecule has 1 aliphatic heterocycles. The Labute approximate surface area is 116 Å². The molecule has 0 saturated carbocycles. The van der Waals surface area contributed by atoms with Crippen molar-refractivity contribution < 1.29 is 13.2 Å². The average Bonchev–Trinajstić information content (AvgIpc) is 2.81. The van der Waals surface area contributed by atoms with Crippen molar-refractivity contribution in [2.24, 2.45) is 0 Å². The number of para-hydroxylation sites is 1. The lowest BCUT2D eigenvalue weighted by Crippen LogP contribution is -2.26. The lowest BCUT2D eigenvalue weighted by atomic mass is 10.2. The summed E-state index contributed by atoms with van der Waals surface area (Å²) in [6.07, 6.45) is 1.60. The van der Waals surface area contributed by atoms with Gasteiger partial charge in [0.25, 0.3) is 0 Å². The zero-order valence-electron chi connectivity index (χ0n) is 9.93. The Bertz CT molecular complexity index is 498. The van der Waals surface area contributed by atoms with Crippen molar-refractivity contribution in [1.29, 1.82) is 0 Å². The third kappa shape index (κ3) is 3.70. The Kier molecular flexibility index (Phi) is 4.64. The van der Waals surface area contributed by atoms with Gasteiger partial charge in [0, 0.05) is 11.9 Å². The van der Waals surface area contributed by atoms with Crippen LogP contribution >= 0.6 is 15.9 Å². The standard InChI is InChI=1S/C12H16BrNO3S/c13-8-10-4-1-2-6-12(10)14-18(15,16)9-11-5-3-7-17-11/h1-2,4,6,11,14H,3,5,7-9H2. The molecule has 0 spiro atoms. The Balaban J connectivity index is 2.06. The Morgan fingerprint density at radius 3 is 2.83 bits per heavy atom. The number of hydrogen-bond donors (Lipinski definition) is 1. The molecule has 1 heterocycles. The number of ether oxygens (including phenoxy) is 1. The van der Waals surface area contributed by atoms with E-state index in [0.717, 1.165) is 18.4 Å². The quantitative estimate of drug-likeness (QED) is 0.842. The number of halogens is 1. The van der Waals surface area contributed by atoms with Crippen molar-refractivity contribution in [3.8, 4) is 0 Å². The second-order valence-corrected chi connectivity index (χ2v) is 6.64. The zero-order valence-corrected chi connectivity index (χ0v) is 12.3. The summed E-state index contributed by atoms with van der Waals surface area (Å²) in [5.41, 5.74) is 1.56. The molecule has 100 valence electrons. The lowest BCUT2D eigenvalue weighted by molar-refractivity contribution is 0.127. The highest BCUT2D eigenvalue weighted by molar-refractivity contribution is 9.08. The van der Waals surface area contributed by atoms with Gasteiger partial charge in [-0.15, -0.1) is 0 Å². The van der Waals surface area contributed by atoms with Crippen molar-refractivity contribution >= 4 is 31.6 Å². The number of nitrogens with one attached hydrogen (secondary N) is 1. The van der Waals surface area contributed by atoms with E-state index in [1.807, 2.05) is 18.2 Å². The lowest BCUT2D eigenvalue weighted by Gasteiger charge is -2.14. The normalized spacial score (nSPS) is 19.9. The van der Waals surface area contributed by atoms with E-state index in [2.05, 4.69) is 20.7 Å². The smallest absolute Gasteiger partial charge is 0.235 e. The van der Waals surface area contributed by atoms with Crippen molar-refractivity contribution in [3.05, 3.63) is 29.8 Å². The molecule has 6 heteroatoms. The molecule has 1 atom stereocenters. The van der Waals surface area contributed by atoms with E-state index in [-0.39, 0.29) is 11.9 Å². The first kappa shape index (κ1) is 13.8. The maximum Gasteiger partial charge on any atom is 0.235 e. The molecule has 1 aliphatic rings. The summed E-state index contributed by atoms with van der Waals surface area (Å²) in [6.45, 7) is 0.665. The predicted octanol–water partition coefficient (Wildman–Crippen LogP) is 2.50. The van der Waals surface area contributed by atoms with Crippen molar-refractivity contribution in [2.75, 3.05) is 17.1 Å². The molecule has 0 aliphatic carbocycles. The van der Waals surface area contributed by atoms with E-state index in [1.54, 1.807) is 6.07 Å². The molecule has 1 aromatic carbocycles. The van der Waals surface area contributed by atoms with Gasteiger partial charge >= 0.3 is 0 Å². The van der Waals surface area contributed by atoms with Gasteiger partial charge < -0.3 is 4.74 Å². The molecule has 1 saturated heterocycles. The fourth-order valence-electron chi connectivity index (χ4n) is 1.97. The maximum atomic E-state index is 12.0. The zero-order chi connectivity index (χ0) is 13.0. The number of rotatable bonds is 5. The van der Waals surface area contributed by atoms with E-state index in [9.17, 15) is 8.42 Å². The Morgan fingerprint density at radius 1 is 1.39 bits per heavy atom. The van der Waals surface area contributed by atoms with Gasteiger partial charge in [0.15, 0.2) is 0 Å². The van der Waals surface area contributed by atoms with Crippen LogP contribution in [0.4, 0.5) is 5.69 Å². The Morgan fingerprint density at radius 2 is 2.17 bits per heavy atom. The molecule has 1 unspecified atom stereocenters. The summed E-state index contributed by atoms with van der Waals surface area (Å²) < 4.78 is 32.0. The van der Waals surface area contributed by atoms with Crippen LogP contribution in [-0.2, 0) is 20.1 Å². The van der Waals surface area contributed by atoms with E-state index in [1.165, 1.54) is 0 Å². The van der Waals surface area contributed by atoms with Gasteiger partial charge in [-0.1, -0.05) is 34.1 Å². The van der Waals surface area contributed by atoms with Crippen LogP contribution in [0.15, 0.2) is 24.3 Å². The molecule has 0 amide bonds. The number of benzene rings is 1.